The maximum atomic E-state index is 12.8. The van der Waals surface area contributed by atoms with Crippen LogP contribution in [-0.2, 0) is 6.18 Å². The Morgan fingerprint density at radius 3 is 2.50 bits per heavy atom. The number of hydrogen-bond donors (Lipinski definition) is 2. The van der Waals surface area contributed by atoms with Gasteiger partial charge in [0.1, 0.15) is 17.0 Å². The number of H-pyrrole nitrogens is 1. The summed E-state index contributed by atoms with van der Waals surface area (Å²) in [4.78, 5) is 28.4. The van der Waals surface area contributed by atoms with E-state index >= 15 is 0 Å². The fourth-order valence-electron chi connectivity index (χ4n) is 3.25. The number of carbonyl (C=O) groups is 1. The van der Waals surface area contributed by atoms with Crippen molar-refractivity contribution in [3.05, 3.63) is 87.3 Å². The lowest BCUT2D eigenvalue weighted by atomic mass is 9.97. The molecule has 3 aromatic rings. The fourth-order valence-corrected chi connectivity index (χ4v) is 4.41. The van der Waals surface area contributed by atoms with Gasteiger partial charge in [0, 0.05) is 9.79 Å². The van der Waals surface area contributed by atoms with Crippen LogP contribution in [0.2, 0.25) is 0 Å². The number of aromatic amines is 1. The van der Waals surface area contributed by atoms with E-state index in [4.69, 9.17) is 4.74 Å². The number of alkyl halides is 3. The third-order valence-electron chi connectivity index (χ3n) is 4.72. The molecule has 2 heterocycles. The number of methoxy groups -OCH3 is 1. The van der Waals surface area contributed by atoms with Crippen LogP contribution < -0.4 is 15.6 Å². The Morgan fingerprint density at radius 1 is 1.07 bits per heavy atom. The van der Waals surface area contributed by atoms with Crippen molar-refractivity contribution in [3.8, 4) is 5.75 Å². The number of nitrogens with one attached hydrogen (secondary N) is 2. The summed E-state index contributed by atoms with van der Waals surface area (Å²) in [5.74, 6) is -0.108. The van der Waals surface area contributed by atoms with E-state index in [0.717, 1.165) is 27.0 Å². The van der Waals surface area contributed by atoms with Crippen LogP contribution in [0, 0.1) is 0 Å². The third kappa shape index (κ3) is 3.68. The number of fused-ring (bicyclic) bond motifs is 2. The molecule has 154 valence electrons. The van der Waals surface area contributed by atoms with Gasteiger partial charge in [-0.2, -0.15) is 13.2 Å². The predicted octanol–water partition coefficient (Wildman–Crippen LogP) is 4.39. The highest BCUT2D eigenvalue weighted by Gasteiger charge is 2.33. The van der Waals surface area contributed by atoms with E-state index in [1.54, 1.807) is 18.2 Å². The number of hydrogen-bond acceptors (Lipinski definition) is 4. The Bertz CT molecular complexity index is 1190. The molecule has 0 saturated carbocycles. The summed E-state index contributed by atoms with van der Waals surface area (Å²) in [7, 11) is 1.55. The Morgan fingerprint density at radius 2 is 1.80 bits per heavy atom. The van der Waals surface area contributed by atoms with Crippen molar-refractivity contribution in [2.24, 2.45) is 0 Å². The molecule has 0 fully saturated rings. The summed E-state index contributed by atoms with van der Waals surface area (Å²) in [5.41, 5.74) is -1.07. The van der Waals surface area contributed by atoms with Gasteiger partial charge in [0.25, 0.3) is 11.5 Å². The minimum absolute atomic E-state index is 0.395. The zero-order valence-electron chi connectivity index (χ0n) is 15.5. The molecule has 5 nitrogen and oxygen atoms in total. The van der Waals surface area contributed by atoms with Crippen LogP contribution in [-0.4, -0.2) is 18.0 Å². The second-order valence-electron chi connectivity index (χ2n) is 6.56. The Kier molecular flexibility index (Phi) is 5.07. The minimum Gasteiger partial charge on any atom is -0.497 e. The zero-order valence-corrected chi connectivity index (χ0v) is 16.4. The molecule has 1 aliphatic rings. The van der Waals surface area contributed by atoms with Crippen molar-refractivity contribution in [2.45, 2.75) is 22.0 Å². The van der Waals surface area contributed by atoms with Gasteiger partial charge in [-0.05, 0) is 41.5 Å². The van der Waals surface area contributed by atoms with Crippen LogP contribution in [0.25, 0.3) is 0 Å². The van der Waals surface area contributed by atoms with Crippen molar-refractivity contribution in [1.29, 1.82) is 0 Å². The minimum atomic E-state index is -4.70. The number of halogens is 3. The first-order valence-electron chi connectivity index (χ1n) is 8.84. The van der Waals surface area contributed by atoms with Crippen molar-refractivity contribution in [3.63, 3.8) is 0 Å². The molecule has 1 amide bonds. The van der Waals surface area contributed by atoms with E-state index in [-0.39, 0.29) is 0 Å². The molecule has 4 rings (SSSR count). The van der Waals surface area contributed by atoms with Gasteiger partial charge in [-0.25, -0.2) is 0 Å². The number of amides is 1. The maximum Gasteiger partial charge on any atom is 0.431 e. The summed E-state index contributed by atoms with van der Waals surface area (Å²) in [5, 5.41) is 2.79. The zero-order chi connectivity index (χ0) is 21.5. The average Bonchev–Trinajstić information content (AvgIpc) is 2.72. The Labute approximate surface area is 173 Å². The first kappa shape index (κ1) is 20.1. The van der Waals surface area contributed by atoms with E-state index in [2.05, 4.69) is 5.32 Å². The predicted molar refractivity (Wildman–Crippen MR) is 105 cm³/mol. The van der Waals surface area contributed by atoms with E-state index in [9.17, 15) is 22.8 Å². The molecular formula is C21H15F3N2O3S. The monoisotopic (exact) mass is 432 g/mol. The highest BCUT2D eigenvalue weighted by Crippen LogP contribution is 2.45. The molecule has 9 heteroatoms. The summed E-state index contributed by atoms with van der Waals surface area (Å²) >= 11 is 1.52. The van der Waals surface area contributed by atoms with Crippen LogP contribution in [0.1, 0.15) is 33.2 Å². The Hall–Kier alpha value is -3.20. The number of carbonyl (C=O) groups excluding carboxylic acids is 1. The molecule has 2 N–H and O–H groups in total. The molecule has 1 atom stereocenters. The normalized spacial score (nSPS) is 15.1. The third-order valence-corrected chi connectivity index (χ3v) is 5.88. The number of rotatable bonds is 3. The first-order chi connectivity index (χ1) is 14.3. The maximum absolute atomic E-state index is 12.8. The number of ether oxygens (including phenoxy) is 1. The van der Waals surface area contributed by atoms with Gasteiger partial charge in [0.05, 0.1) is 13.2 Å². The van der Waals surface area contributed by atoms with Crippen molar-refractivity contribution >= 4 is 17.7 Å². The molecule has 30 heavy (non-hydrogen) atoms. The quantitative estimate of drug-likeness (QED) is 0.644. The number of benzene rings is 2. The van der Waals surface area contributed by atoms with E-state index < -0.39 is 34.9 Å². The lowest BCUT2D eigenvalue weighted by Crippen LogP contribution is -2.35. The number of pyridine rings is 1. The lowest BCUT2D eigenvalue weighted by molar-refractivity contribution is -0.141. The average molecular weight is 432 g/mol. The van der Waals surface area contributed by atoms with Crippen LogP contribution >= 0.6 is 11.8 Å². The van der Waals surface area contributed by atoms with Crippen LogP contribution in [0.3, 0.4) is 0 Å². The van der Waals surface area contributed by atoms with Crippen LogP contribution in [0.5, 0.6) is 5.75 Å². The van der Waals surface area contributed by atoms with E-state index in [1.165, 1.54) is 11.8 Å². The molecular weight excluding hydrogens is 417 g/mol. The summed E-state index contributed by atoms with van der Waals surface area (Å²) < 4.78 is 43.6. The van der Waals surface area contributed by atoms with Gasteiger partial charge in [0.2, 0.25) is 0 Å². The van der Waals surface area contributed by atoms with Crippen molar-refractivity contribution in [2.75, 3.05) is 7.11 Å². The highest BCUT2D eigenvalue weighted by molar-refractivity contribution is 7.99. The van der Waals surface area contributed by atoms with Gasteiger partial charge < -0.3 is 15.0 Å². The topological polar surface area (TPSA) is 71.2 Å². The molecule has 1 aromatic heterocycles. The van der Waals surface area contributed by atoms with Gasteiger partial charge in [-0.3, -0.25) is 9.59 Å². The van der Waals surface area contributed by atoms with E-state index in [0.29, 0.717) is 11.8 Å². The molecule has 0 radical (unpaired) electrons. The van der Waals surface area contributed by atoms with Crippen molar-refractivity contribution in [1.82, 2.24) is 10.3 Å². The first-order valence-corrected chi connectivity index (χ1v) is 9.65. The van der Waals surface area contributed by atoms with E-state index in [1.807, 2.05) is 36.4 Å². The summed E-state index contributed by atoms with van der Waals surface area (Å²) in [6, 6.07) is 13.9. The molecule has 0 aliphatic carbocycles. The molecule has 0 saturated heterocycles. The molecule has 1 unspecified atom stereocenters. The van der Waals surface area contributed by atoms with Gasteiger partial charge in [-0.15, -0.1) is 0 Å². The standard InChI is InChI=1S/C21H15F3N2O3S/c1-29-11-6-7-13-16(10-11)30-15-5-3-2-4-12(15)18(13)26-20(28)14-8-9-17(21(22,23)24)25-19(14)27/h2-10,18H,1H3,(H,25,27)(H,26,28). The largest absolute Gasteiger partial charge is 0.497 e. The van der Waals surface area contributed by atoms with Crippen LogP contribution in [0.4, 0.5) is 13.2 Å². The SMILES string of the molecule is COc1ccc2c(c1)Sc1ccccc1C2NC(=O)c1ccc(C(F)(F)F)[nH]c1=O. The second kappa shape index (κ2) is 7.56. The molecule has 2 aromatic carbocycles. The molecule has 0 bridgehead atoms. The van der Waals surface area contributed by atoms with Crippen LogP contribution in [0.15, 0.2) is 69.2 Å². The summed E-state index contributed by atoms with van der Waals surface area (Å²) in [6.07, 6.45) is -4.70. The number of aromatic nitrogens is 1. The smallest absolute Gasteiger partial charge is 0.431 e. The van der Waals surface area contributed by atoms with Gasteiger partial charge in [-0.1, -0.05) is 36.0 Å². The lowest BCUT2D eigenvalue weighted by Gasteiger charge is -2.28. The van der Waals surface area contributed by atoms with Gasteiger partial charge in [0.15, 0.2) is 0 Å². The van der Waals surface area contributed by atoms with Crippen molar-refractivity contribution < 1.29 is 22.7 Å². The fraction of sp³-hybridized carbons (Fsp3) is 0.143. The van der Waals surface area contributed by atoms with Gasteiger partial charge >= 0.3 is 6.18 Å². The summed E-state index contributed by atoms with van der Waals surface area (Å²) in [6.45, 7) is 0. The highest BCUT2D eigenvalue weighted by atomic mass is 32.2. The molecule has 0 spiro atoms. The molecule has 1 aliphatic heterocycles. The second-order valence-corrected chi connectivity index (χ2v) is 7.65. The Balaban J connectivity index is 1.71.